The number of nitrogens with two attached hydrogens (primary N) is 1. The third-order valence-electron chi connectivity index (χ3n) is 3.72. The highest BCUT2D eigenvalue weighted by molar-refractivity contribution is 7.80. The van der Waals surface area contributed by atoms with Gasteiger partial charge >= 0.3 is 0 Å². The van der Waals surface area contributed by atoms with E-state index in [1.165, 1.54) is 18.4 Å². The van der Waals surface area contributed by atoms with Gasteiger partial charge in [-0.2, -0.15) is 0 Å². The number of ether oxygens (including phenoxy) is 1. The molecule has 0 aliphatic heterocycles. The van der Waals surface area contributed by atoms with Crippen LogP contribution >= 0.6 is 12.2 Å². The first-order chi connectivity index (χ1) is 9.03. The SMILES string of the molecule is COc1ccc(CN(C)CC2(CC(N)=S)CC2)cc1. The zero-order valence-corrected chi connectivity index (χ0v) is 12.5. The zero-order valence-electron chi connectivity index (χ0n) is 11.7. The van der Waals surface area contributed by atoms with Crippen LogP contribution in [0.1, 0.15) is 24.8 Å². The molecule has 1 aromatic carbocycles. The van der Waals surface area contributed by atoms with Crippen molar-refractivity contribution in [1.29, 1.82) is 0 Å². The van der Waals surface area contributed by atoms with Crippen molar-refractivity contribution in [3.63, 3.8) is 0 Å². The lowest BCUT2D eigenvalue weighted by molar-refractivity contribution is 0.260. The highest BCUT2D eigenvalue weighted by Crippen LogP contribution is 2.49. The molecule has 0 bridgehead atoms. The summed E-state index contributed by atoms with van der Waals surface area (Å²) in [5.41, 5.74) is 7.33. The van der Waals surface area contributed by atoms with E-state index >= 15 is 0 Å². The molecule has 2 rings (SSSR count). The summed E-state index contributed by atoms with van der Waals surface area (Å²) < 4.78 is 5.17. The minimum atomic E-state index is 0.354. The van der Waals surface area contributed by atoms with Crippen LogP contribution in [0, 0.1) is 5.41 Å². The van der Waals surface area contributed by atoms with Gasteiger partial charge in [-0.05, 0) is 43.0 Å². The Morgan fingerprint density at radius 1 is 1.37 bits per heavy atom. The molecular weight excluding hydrogens is 256 g/mol. The maximum Gasteiger partial charge on any atom is 0.118 e. The monoisotopic (exact) mass is 278 g/mol. The standard InChI is InChI=1S/C15H22N2OS/c1-17(11-15(7-8-15)9-14(16)19)10-12-3-5-13(18-2)6-4-12/h3-6H,7-11H2,1-2H3,(H2,16,19). The Hall–Kier alpha value is -1.13. The molecule has 4 heteroatoms. The molecule has 1 fully saturated rings. The molecule has 2 N–H and O–H groups in total. The maximum absolute atomic E-state index is 5.68. The highest BCUT2D eigenvalue weighted by Gasteiger charge is 2.43. The molecule has 1 aliphatic rings. The Kier molecular flexibility index (Phi) is 4.42. The van der Waals surface area contributed by atoms with Crippen molar-refractivity contribution in [2.45, 2.75) is 25.8 Å². The first kappa shape index (κ1) is 14.3. The molecule has 1 aromatic rings. The van der Waals surface area contributed by atoms with Crippen LogP contribution in [0.5, 0.6) is 5.75 Å². The second-order valence-corrected chi connectivity index (χ2v) is 6.19. The van der Waals surface area contributed by atoms with Crippen molar-refractivity contribution in [3.8, 4) is 5.75 Å². The summed E-state index contributed by atoms with van der Waals surface area (Å²) in [6, 6.07) is 8.24. The summed E-state index contributed by atoms with van der Waals surface area (Å²) in [5, 5.41) is 0. The third kappa shape index (κ3) is 4.18. The summed E-state index contributed by atoms with van der Waals surface area (Å²) in [6.45, 7) is 2.01. The van der Waals surface area contributed by atoms with E-state index in [1.54, 1.807) is 7.11 Å². The van der Waals surface area contributed by atoms with E-state index in [-0.39, 0.29) is 0 Å². The molecule has 0 unspecified atom stereocenters. The van der Waals surface area contributed by atoms with Crippen LogP contribution < -0.4 is 10.5 Å². The molecule has 104 valence electrons. The summed E-state index contributed by atoms with van der Waals surface area (Å²) >= 11 is 5.04. The van der Waals surface area contributed by atoms with Gasteiger partial charge in [-0.1, -0.05) is 24.4 Å². The van der Waals surface area contributed by atoms with Gasteiger partial charge in [0.1, 0.15) is 5.75 Å². The van der Waals surface area contributed by atoms with Gasteiger partial charge in [0, 0.05) is 19.5 Å². The van der Waals surface area contributed by atoms with Crippen molar-refractivity contribution in [1.82, 2.24) is 4.90 Å². The van der Waals surface area contributed by atoms with Gasteiger partial charge in [0.2, 0.25) is 0 Å². The summed E-state index contributed by atoms with van der Waals surface area (Å²) in [4.78, 5) is 3.00. The largest absolute Gasteiger partial charge is 0.497 e. The number of hydrogen-bond acceptors (Lipinski definition) is 3. The average Bonchev–Trinajstić information content (AvgIpc) is 3.08. The zero-order chi connectivity index (χ0) is 13.9. The summed E-state index contributed by atoms with van der Waals surface area (Å²) in [5.74, 6) is 0.901. The lowest BCUT2D eigenvalue weighted by atomic mass is 10.0. The van der Waals surface area contributed by atoms with Crippen molar-refractivity contribution in [2.75, 3.05) is 20.7 Å². The molecule has 3 nitrogen and oxygen atoms in total. The quantitative estimate of drug-likeness (QED) is 0.778. The molecule has 0 heterocycles. The number of hydrogen-bond donors (Lipinski definition) is 1. The first-order valence-corrected chi connectivity index (χ1v) is 7.04. The number of methoxy groups -OCH3 is 1. The second-order valence-electron chi connectivity index (χ2n) is 5.66. The lowest BCUT2D eigenvalue weighted by Gasteiger charge is -2.23. The Labute approximate surface area is 120 Å². The van der Waals surface area contributed by atoms with Crippen molar-refractivity contribution in [3.05, 3.63) is 29.8 Å². The first-order valence-electron chi connectivity index (χ1n) is 6.63. The van der Waals surface area contributed by atoms with Gasteiger partial charge < -0.3 is 15.4 Å². The normalized spacial score (nSPS) is 16.4. The van der Waals surface area contributed by atoms with Crippen LogP contribution in [0.2, 0.25) is 0 Å². The predicted molar refractivity (Wildman–Crippen MR) is 82.4 cm³/mol. The van der Waals surface area contributed by atoms with Gasteiger partial charge in [0.25, 0.3) is 0 Å². The Morgan fingerprint density at radius 2 is 2.00 bits per heavy atom. The fraction of sp³-hybridized carbons (Fsp3) is 0.533. The van der Waals surface area contributed by atoms with Gasteiger partial charge in [0.05, 0.1) is 12.1 Å². The molecule has 0 amide bonds. The van der Waals surface area contributed by atoms with E-state index < -0.39 is 0 Å². The number of nitrogens with zero attached hydrogens (tertiary/aromatic N) is 1. The van der Waals surface area contributed by atoms with Crippen molar-refractivity contribution < 1.29 is 4.74 Å². The van der Waals surface area contributed by atoms with E-state index in [2.05, 4.69) is 24.1 Å². The van der Waals surface area contributed by atoms with E-state index in [4.69, 9.17) is 22.7 Å². The van der Waals surface area contributed by atoms with Crippen molar-refractivity contribution >= 4 is 17.2 Å². The molecule has 0 spiro atoms. The number of benzene rings is 1. The van der Waals surface area contributed by atoms with Crippen LogP contribution in [0.15, 0.2) is 24.3 Å². The van der Waals surface area contributed by atoms with E-state index in [9.17, 15) is 0 Å². The van der Waals surface area contributed by atoms with Crippen LogP contribution in [-0.4, -0.2) is 30.6 Å². The molecule has 0 saturated heterocycles. The highest BCUT2D eigenvalue weighted by atomic mass is 32.1. The molecule has 0 aromatic heterocycles. The minimum Gasteiger partial charge on any atom is -0.497 e. The minimum absolute atomic E-state index is 0.354. The molecule has 19 heavy (non-hydrogen) atoms. The van der Waals surface area contributed by atoms with Crippen LogP contribution in [0.3, 0.4) is 0 Å². The predicted octanol–water partition coefficient (Wildman–Crippen LogP) is 2.58. The van der Waals surface area contributed by atoms with E-state index in [1.807, 2.05) is 12.1 Å². The molecule has 0 radical (unpaired) electrons. The smallest absolute Gasteiger partial charge is 0.118 e. The number of rotatable bonds is 7. The topological polar surface area (TPSA) is 38.5 Å². The fourth-order valence-electron chi connectivity index (χ4n) is 2.61. The Morgan fingerprint density at radius 3 is 2.47 bits per heavy atom. The molecule has 1 aliphatic carbocycles. The maximum atomic E-state index is 5.68. The molecular formula is C15H22N2OS. The van der Waals surface area contributed by atoms with Gasteiger partial charge in [-0.3, -0.25) is 0 Å². The number of thiocarbonyl (C=S) groups is 1. The van der Waals surface area contributed by atoms with Crippen LogP contribution in [0.4, 0.5) is 0 Å². The lowest BCUT2D eigenvalue weighted by Crippen LogP contribution is -2.29. The van der Waals surface area contributed by atoms with E-state index in [0.29, 0.717) is 10.4 Å². The van der Waals surface area contributed by atoms with Crippen molar-refractivity contribution in [2.24, 2.45) is 11.1 Å². The Balaban J connectivity index is 1.86. The van der Waals surface area contributed by atoms with Crippen LogP contribution in [0.25, 0.3) is 0 Å². The molecule has 1 saturated carbocycles. The second kappa shape index (κ2) is 5.88. The third-order valence-corrected chi connectivity index (χ3v) is 3.87. The van der Waals surface area contributed by atoms with Gasteiger partial charge in [0.15, 0.2) is 0 Å². The van der Waals surface area contributed by atoms with E-state index in [0.717, 1.165) is 25.3 Å². The fourth-order valence-corrected chi connectivity index (χ4v) is 2.91. The van der Waals surface area contributed by atoms with Gasteiger partial charge in [-0.15, -0.1) is 0 Å². The Bertz CT molecular complexity index is 440. The average molecular weight is 278 g/mol. The molecule has 0 atom stereocenters. The summed E-state index contributed by atoms with van der Waals surface area (Å²) in [6.07, 6.45) is 3.38. The van der Waals surface area contributed by atoms with Crippen LogP contribution in [-0.2, 0) is 6.54 Å². The summed E-state index contributed by atoms with van der Waals surface area (Å²) in [7, 11) is 3.84. The van der Waals surface area contributed by atoms with Gasteiger partial charge in [-0.25, -0.2) is 0 Å².